The summed E-state index contributed by atoms with van der Waals surface area (Å²) in [6.45, 7) is 0.423. The van der Waals surface area contributed by atoms with Crippen LogP contribution < -0.4 is 10.1 Å². The number of nitrogens with zero attached hydrogens (tertiary/aromatic N) is 2. The predicted octanol–water partition coefficient (Wildman–Crippen LogP) is 4.92. The zero-order valence-corrected chi connectivity index (χ0v) is 18.2. The van der Waals surface area contributed by atoms with E-state index in [-0.39, 0.29) is 17.5 Å². The molecule has 2 heterocycles. The number of fused-ring (bicyclic) bond motifs is 1. The highest BCUT2D eigenvalue weighted by Gasteiger charge is 2.22. The fraction of sp³-hybridized carbons (Fsp3) is 0.111. The molecule has 0 saturated carbocycles. The highest BCUT2D eigenvalue weighted by Crippen LogP contribution is 2.30. The smallest absolute Gasteiger partial charge is 0.275 e. The van der Waals surface area contributed by atoms with Crippen LogP contribution >= 0.6 is 0 Å². The lowest BCUT2D eigenvalue weighted by atomic mass is 9.91. The second-order valence-electron chi connectivity index (χ2n) is 7.79. The van der Waals surface area contributed by atoms with Crippen LogP contribution in [0.15, 0.2) is 97.3 Å². The number of hydrogen-bond donors (Lipinski definition) is 2. The van der Waals surface area contributed by atoms with Crippen molar-refractivity contribution in [3.8, 4) is 11.4 Å². The average Bonchev–Trinajstić information content (AvgIpc) is 3.50. The van der Waals surface area contributed by atoms with Crippen molar-refractivity contribution in [2.24, 2.45) is 0 Å². The Morgan fingerprint density at radius 3 is 2.45 bits per heavy atom. The Balaban J connectivity index is 1.43. The number of aromatic amines is 1. The zero-order valence-electron chi connectivity index (χ0n) is 18.2. The molecule has 1 amide bonds. The lowest BCUT2D eigenvalue weighted by Gasteiger charge is -2.18. The Morgan fingerprint density at radius 2 is 1.70 bits per heavy atom. The van der Waals surface area contributed by atoms with Crippen molar-refractivity contribution < 1.29 is 9.53 Å². The van der Waals surface area contributed by atoms with Gasteiger partial charge in [0, 0.05) is 29.6 Å². The second kappa shape index (κ2) is 9.04. The van der Waals surface area contributed by atoms with Gasteiger partial charge in [-0.25, -0.2) is 4.68 Å². The van der Waals surface area contributed by atoms with Gasteiger partial charge >= 0.3 is 0 Å². The maximum absolute atomic E-state index is 13.2. The van der Waals surface area contributed by atoms with E-state index in [4.69, 9.17) is 4.74 Å². The number of ether oxygens (including phenoxy) is 1. The summed E-state index contributed by atoms with van der Waals surface area (Å²) >= 11 is 0. The molecule has 3 aromatic carbocycles. The molecule has 0 bridgehead atoms. The molecule has 0 fully saturated rings. The molecular weight excluding hydrogens is 412 g/mol. The predicted molar refractivity (Wildman–Crippen MR) is 129 cm³/mol. The van der Waals surface area contributed by atoms with Crippen LogP contribution in [-0.2, 0) is 0 Å². The fourth-order valence-corrected chi connectivity index (χ4v) is 4.13. The third kappa shape index (κ3) is 4.11. The number of methoxy groups -OCH3 is 1. The van der Waals surface area contributed by atoms with Crippen LogP contribution in [0, 0.1) is 0 Å². The van der Waals surface area contributed by atoms with E-state index >= 15 is 0 Å². The van der Waals surface area contributed by atoms with E-state index in [2.05, 4.69) is 39.7 Å². The third-order valence-electron chi connectivity index (χ3n) is 5.80. The number of amides is 1. The topological polar surface area (TPSA) is 71.9 Å². The Kier molecular flexibility index (Phi) is 5.64. The number of rotatable bonds is 7. The first kappa shape index (κ1) is 20.6. The van der Waals surface area contributed by atoms with Gasteiger partial charge in [0.1, 0.15) is 0 Å². The maximum atomic E-state index is 13.2. The van der Waals surface area contributed by atoms with E-state index in [0.717, 1.165) is 27.7 Å². The SMILES string of the molecule is COc1cn(-c2ccccc2)nc1C(=O)NCC(c1ccccc1)c1c[nH]c2ccccc12. The molecule has 33 heavy (non-hydrogen) atoms. The first-order valence-electron chi connectivity index (χ1n) is 10.8. The van der Waals surface area contributed by atoms with Crippen molar-refractivity contribution in [3.05, 3.63) is 114 Å². The molecule has 0 aliphatic heterocycles. The number of benzene rings is 3. The number of carbonyl (C=O) groups is 1. The standard InChI is InChI=1S/C27H24N4O2/c1-33-25-18-31(20-12-6-3-7-13-20)30-26(25)27(32)29-16-22(19-10-4-2-5-11-19)23-17-28-24-15-9-8-14-21(23)24/h2-15,17-18,22,28H,16H2,1H3,(H,29,32). The molecule has 0 spiro atoms. The van der Waals surface area contributed by atoms with Crippen LogP contribution in [0.25, 0.3) is 16.6 Å². The summed E-state index contributed by atoms with van der Waals surface area (Å²) in [5.41, 5.74) is 4.45. The lowest BCUT2D eigenvalue weighted by molar-refractivity contribution is 0.0944. The molecule has 5 rings (SSSR count). The summed E-state index contributed by atoms with van der Waals surface area (Å²) in [4.78, 5) is 16.5. The highest BCUT2D eigenvalue weighted by atomic mass is 16.5. The average molecular weight is 437 g/mol. The third-order valence-corrected chi connectivity index (χ3v) is 5.80. The van der Waals surface area contributed by atoms with E-state index < -0.39 is 0 Å². The van der Waals surface area contributed by atoms with E-state index in [1.165, 1.54) is 0 Å². The van der Waals surface area contributed by atoms with Crippen molar-refractivity contribution >= 4 is 16.8 Å². The Morgan fingerprint density at radius 1 is 1.00 bits per heavy atom. The monoisotopic (exact) mass is 436 g/mol. The minimum atomic E-state index is -0.276. The van der Waals surface area contributed by atoms with Gasteiger partial charge in [0.25, 0.3) is 5.91 Å². The molecule has 0 aliphatic carbocycles. The van der Waals surface area contributed by atoms with Crippen molar-refractivity contribution in [1.82, 2.24) is 20.1 Å². The number of hydrogen-bond acceptors (Lipinski definition) is 3. The van der Waals surface area contributed by atoms with Crippen molar-refractivity contribution in [3.63, 3.8) is 0 Å². The van der Waals surface area contributed by atoms with Gasteiger partial charge in [0.05, 0.1) is 19.0 Å². The molecular formula is C27H24N4O2. The molecule has 1 unspecified atom stereocenters. The first-order chi connectivity index (χ1) is 16.2. The first-order valence-corrected chi connectivity index (χ1v) is 10.8. The fourth-order valence-electron chi connectivity index (χ4n) is 4.13. The Bertz CT molecular complexity index is 1370. The van der Waals surface area contributed by atoms with Crippen LogP contribution in [0.3, 0.4) is 0 Å². The van der Waals surface area contributed by atoms with Crippen LogP contribution in [-0.4, -0.2) is 34.3 Å². The Labute approximate surface area is 191 Å². The maximum Gasteiger partial charge on any atom is 0.275 e. The number of para-hydroxylation sites is 2. The highest BCUT2D eigenvalue weighted by molar-refractivity contribution is 5.95. The summed E-state index contributed by atoms with van der Waals surface area (Å²) in [7, 11) is 1.54. The van der Waals surface area contributed by atoms with Gasteiger partial charge < -0.3 is 15.0 Å². The summed E-state index contributed by atoms with van der Waals surface area (Å²) < 4.78 is 7.10. The van der Waals surface area contributed by atoms with Crippen molar-refractivity contribution in [2.45, 2.75) is 5.92 Å². The zero-order chi connectivity index (χ0) is 22.6. The molecule has 5 aromatic rings. The molecule has 2 aromatic heterocycles. The minimum absolute atomic E-state index is 0.0199. The van der Waals surface area contributed by atoms with E-state index in [9.17, 15) is 4.79 Å². The lowest BCUT2D eigenvalue weighted by Crippen LogP contribution is -2.29. The van der Waals surface area contributed by atoms with Gasteiger partial charge in [-0.3, -0.25) is 4.79 Å². The van der Waals surface area contributed by atoms with Gasteiger partial charge in [-0.1, -0.05) is 66.7 Å². The van der Waals surface area contributed by atoms with Crippen LogP contribution in [0.1, 0.15) is 27.5 Å². The van der Waals surface area contributed by atoms with Gasteiger partial charge in [-0.2, -0.15) is 5.10 Å². The molecule has 6 nitrogen and oxygen atoms in total. The van der Waals surface area contributed by atoms with Gasteiger partial charge in [0.15, 0.2) is 11.4 Å². The molecule has 0 saturated heterocycles. The van der Waals surface area contributed by atoms with Crippen LogP contribution in [0.4, 0.5) is 0 Å². The van der Waals surface area contributed by atoms with Crippen LogP contribution in [0.5, 0.6) is 5.75 Å². The number of nitrogens with one attached hydrogen (secondary N) is 2. The molecule has 2 N–H and O–H groups in total. The van der Waals surface area contributed by atoms with Crippen molar-refractivity contribution in [1.29, 1.82) is 0 Å². The second-order valence-corrected chi connectivity index (χ2v) is 7.79. The van der Waals surface area contributed by atoms with Gasteiger partial charge in [0.2, 0.25) is 0 Å². The summed E-state index contributed by atoms with van der Waals surface area (Å²) in [6.07, 6.45) is 3.75. The van der Waals surface area contributed by atoms with E-state index in [0.29, 0.717) is 12.3 Å². The van der Waals surface area contributed by atoms with E-state index in [1.807, 2.05) is 66.9 Å². The largest absolute Gasteiger partial charge is 0.493 e. The Hall–Kier alpha value is -4.32. The van der Waals surface area contributed by atoms with Crippen LogP contribution in [0.2, 0.25) is 0 Å². The normalized spacial score (nSPS) is 11.9. The number of H-pyrrole nitrogens is 1. The number of aromatic nitrogens is 3. The molecule has 6 heteroatoms. The molecule has 0 aliphatic rings. The minimum Gasteiger partial charge on any atom is -0.493 e. The van der Waals surface area contributed by atoms with E-state index in [1.54, 1.807) is 18.0 Å². The van der Waals surface area contributed by atoms with Gasteiger partial charge in [-0.05, 0) is 29.3 Å². The summed E-state index contributed by atoms with van der Waals surface area (Å²) in [5.74, 6) is 0.135. The van der Waals surface area contributed by atoms with Crippen molar-refractivity contribution in [2.75, 3.05) is 13.7 Å². The summed E-state index contributed by atoms with van der Waals surface area (Å²) in [5, 5.41) is 8.71. The number of carbonyl (C=O) groups excluding carboxylic acids is 1. The van der Waals surface area contributed by atoms with Gasteiger partial charge in [-0.15, -0.1) is 0 Å². The molecule has 1 atom stereocenters. The quantitative estimate of drug-likeness (QED) is 0.380. The molecule has 164 valence electrons. The molecule has 0 radical (unpaired) electrons. The summed E-state index contributed by atoms with van der Waals surface area (Å²) in [6, 6.07) is 28.0.